The summed E-state index contributed by atoms with van der Waals surface area (Å²) in [5.74, 6) is -0.383. The summed E-state index contributed by atoms with van der Waals surface area (Å²) in [5.41, 5.74) is 2.57. The Bertz CT molecular complexity index is 840. The van der Waals surface area contributed by atoms with Gasteiger partial charge in [-0.25, -0.2) is 4.79 Å². The number of benzene rings is 2. The molecule has 0 amide bonds. The number of aromatic carboxylic acids is 1. The lowest BCUT2D eigenvalue weighted by Crippen LogP contribution is -1.97. The first-order valence-corrected chi connectivity index (χ1v) is 7.16. The largest absolute Gasteiger partial charge is 0.488 e. The highest BCUT2D eigenvalue weighted by molar-refractivity contribution is 6.35. The number of halogens is 1. The minimum absolute atomic E-state index is 0.0899. The van der Waals surface area contributed by atoms with E-state index in [4.69, 9.17) is 21.4 Å². The summed E-state index contributed by atoms with van der Waals surface area (Å²) in [5, 5.41) is 10.3. The normalized spacial score (nSPS) is 10.8. The van der Waals surface area contributed by atoms with Gasteiger partial charge in [-0.2, -0.15) is 0 Å². The van der Waals surface area contributed by atoms with Crippen LogP contribution in [0.25, 0.3) is 10.9 Å². The molecule has 0 unspecified atom stereocenters. The number of nitrogens with one attached hydrogen (secondary N) is 1. The first kappa shape index (κ1) is 14.5. The Morgan fingerprint density at radius 3 is 2.68 bits per heavy atom. The van der Waals surface area contributed by atoms with Crippen LogP contribution in [0.15, 0.2) is 42.5 Å². The zero-order chi connectivity index (χ0) is 15.7. The number of carboxylic acids is 1. The molecule has 0 saturated heterocycles. The lowest BCUT2D eigenvalue weighted by atomic mass is 10.1. The van der Waals surface area contributed by atoms with E-state index in [0.717, 1.165) is 11.1 Å². The van der Waals surface area contributed by atoms with Gasteiger partial charge in [-0.05, 0) is 30.2 Å². The summed E-state index contributed by atoms with van der Waals surface area (Å²) in [6, 6.07) is 13.1. The van der Waals surface area contributed by atoms with Crippen molar-refractivity contribution in [2.45, 2.75) is 13.5 Å². The zero-order valence-corrected chi connectivity index (χ0v) is 12.6. The predicted molar refractivity (Wildman–Crippen MR) is 85.8 cm³/mol. The van der Waals surface area contributed by atoms with Gasteiger partial charge < -0.3 is 14.8 Å². The highest BCUT2D eigenvalue weighted by atomic mass is 35.5. The van der Waals surface area contributed by atoms with Gasteiger partial charge in [0.2, 0.25) is 0 Å². The maximum absolute atomic E-state index is 11.1. The smallest absolute Gasteiger partial charge is 0.352 e. The number of carbonyl (C=O) groups is 1. The summed E-state index contributed by atoms with van der Waals surface area (Å²) in [6.07, 6.45) is 0. The molecule has 4 nitrogen and oxygen atoms in total. The number of ether oxygens (including phenoxy) is 1. The molecule has 1 aromatic heterocycles. The van der Waals surface area contributed by atoms with Crippen LogP contribution in [0.2, 0.25) is 5.02 Å². The average molecular weight is 316 g/mol. The van der Waals surface area contributed by atoms with Crippen LogP contribution in [0.1, 0.15) is 21.6 Å². The van der Waals surface area contributed by atoms with Crippen LogP contribution in [-0.2, 0) is 6.61 Å². The Hall–Kier alpha value is -2.46. The topological polar surface area (TPSA) is 62.3 Å². The van der Waals surface area contributed by atoms with Crippen LogP contribution >= 0.6 is 11.6 Å². The van der Waals surface area contributed by atoms with Crippen molar-refractivity contribution < 1.29 is 14.6 Å². The lowest BCUT2D eigenvalue weighted by molar-refractivity contribution is 0.0691. The fourth-order valence-corrected chi connectivity index (χ4v) is 2.71. The van der Waals surface area contributed by atoms with Crippen LogP contribution < -0.4 is 4.74 Å². The van der Waals surface area contributed by atoms with Gasteiger partial charge in [0, 0.05) is 5.39 Å². The van der Waals surface area contributed by atoms with Crippen molar-refractivity contribution in [2.24, 2.45) is 0 Å². The molecule has 0 fully saturated rings. The maximum Gasteiger partial charge on any atom is 0.352 e. The number of aromatic nitrogens is 1. The van der Waals surface area contributed by atoms with E-state index in [2.05, 4.69) is 4.98 Å². The molecule has 3 rings (SSSR count). The standard InChI is InChI=1S/C17H14ClNO3/c1-10-7-13(18)15-12(8-14(19-15)17(20)21)16(10)22-9-11-5-3-2-4-6-11/h2-8,19H,9H2,1H3,(H,20,21). The predicted octanol–water partition coefficient (Wildman–Crippen LogP) is 4.41. The van der Waals surface area contributed by atoms with E-state index in [9.17, 15) is 4.79 Å². The fraction of sp³-hybridized carbons (Fsp3) is 0.118. The molecular formula is C17H14ClNO3. The number of aromatic amines is 1. The minimum atomic E-state index is -1.03. The number of rotatable bonds is 4. The second-order valence-corrected chi connectivity index (χ2v) is 5.46. The van der Waals surface area contributed by atoms with Gasteiger partial charge in [-0.3, -0.25) is 0 Å². The third-order valence-corrected chi connectivity index (χ3v) is 3.76. The Labute approximate surface area is 132 Å². The van der Waals surface area contributed by atoms with E-state index in [1.54, 1.807) is 12.1 Å². The van der Waals surface area contributed by atoms with E-state index in [1.807, 2.05) is 37.3 Å². The molecule has 0 aliphatic rings. The molecule has 0 aliphatic heterocycles. The average Bonchev–Trinajstić information content (AvgIpc) is 2.94. The van der Waals surface area contributed by atoms with Crippen molar-refractivity contribution in [1.29, 1.82) is 0 Å². The third-order valence-electron chi connectivity index (χ3n) is 3.46. The molecule has 0 aliphatic carbocycles. The van der Waals surface area contributed by atoms with Crippen LogP contribution in [0.5, 0.6) is 5.75 Å². The molecule has 22 heavy (non-hydrogen) atoms. The fourth-order valence-electron chi connectivity index (χ4n) is 2.40. The Morgan fingerprint density at radius 1 is 1.27 bits per heavy atom. The van der Waals surface area contributed by atoms with Gasteiger partial charge in [0.25, 0.3) is 0 Å². The maximum atomic E-state index is 11.1. The van der Waals surface area contributed by atoms with Crippen molar-refractivity contribution in [2.75, 3.05) is 0 Å². The number of H-pyrrole nitrogens is 1. The van der Waals surface area contributed by atoms with Crippen molar-refractivity contribution in [1.82, 2.24) is 4.98 Å². The van der Waals surface area contributed by atoms with Gasteiger partial charge >= 0.3 is 5.97 Å². The second kappa shape index (κ2) is 5.73. The summed E-state index contributed by atoms with van der Waals surface area (Å²) in [7, 11) is 0. The van der Waals surface area contributed by atoms with Crippen molar-refractivity contribution in [3.8, 4) is 5.75 Å². The molecule has 3 aromatic rings. The summed E-state index contributed by atoms with van der Waals surface area (Å²) >= 11 is 6.19. The molecule has 0 spiro atoms. The van der Waals surface area contributed by atoms with Crippen molar-refractivity contribution in [3.63, 3.8) is 0 Å². The number of aryl methyl sites for hydroxylation is 1. The molecule has 0 atom stereocenters. The van der Waals surface area contributed by atoms with Crippen LogP contribution in [0.3, 0.4) is 0 Å². The van der Waals surface area contributed by atoms with E-state index in [0.29, 0.717) is 28.3 Å². The Morgan fingerprint density at radius 2 is 2.00 bits per heavy atom. The minimum Gasteiger partial charge on any atom is -0.488 e. The van der Waals surface area contributed by atoms with E-state index < -0.39 is 5.97 Å². The van der Waals surface area contributed by atoms with E-state index in [1.165, 1.54) is 0 Å². The lowest BCUT2D eigenvalue weighted by Gasteiger charge is -2.11. The van der Waals surface area contributed by atoms with E-state index in [-0.39, 0.29) is 5.69 Å². The highest BCUT2D eigenvalue weighted by Gasteiger charge is 2.16. The molecule has 2 aromatic carbocycles. The molecule has 112 valence electrons. The molecule has 2 N–H and O–H groups in total. The van der Waals surface area contributed by atoms with Gasteiger partial charge in [0.15, 0.2) is 0 Å². The van der Waals surface area contributed by atoms with Gasteiger partial charge in [0.05, 0.1) is 10.5 Å². The first-order chi connectivity index (χ1) is 10.6. The van der Waals surface area contributed by atoms with E-state index >= 15 is 0 Å². The molecule has 0 radical (unpaired) electrons. The van der Waals surface area contributed by atoms with Crippen LogP contribution in [-0.4, -0.2) is 16.1 Å². The Kier molecular flexibility index (Phi) is 3.77. The zero-order valence-electron chi connectivity index (χ0n) is 11.9. The number of fused-ring (bicyclic) bond motifs is 1. The third kappa shape index (κ3) is 2.65. The number of hydrogen-bond acceptors (Lipinski definition) is 2. The molecule has 0 saturated carbocycles. The molecule has 1 heterocycles. The SMILES string of the molecule is Cc1cc(Cl)c2[nH]c(C(=O)O)cc2c1OCc1ccccc1. The molecule has 5 heteroatoms. The van der Waals surface area contributed by atoms with Gasteiger partial charge in [-0.15, -0.1) is 0 Å². The summed E-state index contributed by atoms with van der Waals surface area (Å²) in [6.45, 7) is 2.30. The second-order valence-electron chi connectivity index (χ2n) is 5.06. The Balaban J connectivity index is 2.02. The molecular weight excluding hydrogens is 302 g/mol. The molecule has 0 bridgehead atoms. The van der Waals surface area contributed by atoms with Crippen LogP contribution in [0, 0.1) is 6.92 Å². The van der Waals surface area contributed by atoms with Crippen molar-refractivity contribution >= 4 is 28.5 Å². The van der Waals surface area contributed by atoms with Crippen LogP contribution in [0.4, 0.5) is 0 Å². The first-order valence-electron chi connectivity index (χ1n) is 6.78. The quantitative estimate of drug-likeness (QED) is 0.749. The van der Waals surface area contributed by atoms with Gasteiger partial charge in [-0.1, -0.05) is 41.9 Å². The number of hydrogen-bond donors (Lipinski definition) is 2. The van der Waals surface area contributed by atoms with Crippen molar-refractivity contribution in [3.05, 3.63) is 64.3 Å². The summed E-state index contributed by atoms with van der Waals surface area (Å²) in [4.78, 5) is 14.0. The van der Waals surface area contributed by atoms with Gasteiger partial charge in [0.1, 0.15) is 18.1 Å². The highest BCUT2D eigenvalue weighted by Crippen LogP contribution is 2.35. The summed E-state index contributed by atoms with van der Waals surface area (Å²) < 4.78 is 5.91. The number of carboxylic acid groups (broad SMARTS) is 1. The monoisotopic (exact) mass is 315 g/mol.